The highest BCUT2D eigenvalue weighted by atomic mass is 79.9. The standard InChI is InChI=1S/C14H13BrF3NO/c1-9-6-10(8-12(15)7-9)13(20)19-4-2-11(3-5-19)14(16,17)18/h2,6-8H,3-5H2,1H3. The first-order valence-electron chi connectivity index (χ1n) is 6.10. The zero-order valence-electron chi connectivity index (χ0n) is 10.8. The quantitative estimate of drug-likeness (QED) is 0.700. The SMILES string of the molecule is Cc1cc(Br)cc(C(=O)N2CC=C(C(F)(F)F)CC2)c1. The minimum atomic E-state index is -4.29. The molecule has 0 saturated carbocycles. The van der Waals surface area contributed by atoms with Gasteiger partial charge in [-0.15, -0.1) is 0 Å². The summed E-state index contributed by atoms with van der Waals surface area (Å²) in [4.78, 5) is 13.7. The van der Waals surface area contributed by atoms with E-state index in [4.69, 9.17) is 0 Å². The molecule has 1 aliphatic rings. The summed E-state index contributed by atoms with van der Waals surface area (Å²) in [5.74, 6) is -0.244. The molecule has 0 saturated heterocycles. The Morgan fingerprint density at radius 2 is 2.00 bits per heavy atom. The van der Waals surface area contributed by atoms with E-state index in [2.05, 4.69) is 15.9 Å². The van der Waals surface area contributed by atoms with Gasteiger partial charge >= 0.3 is 6.18 Å². The van der Waals surface area contributed by atoms with Crippen molar-refractivity contribution in [2.75, 3.05) is 13.1 Å². The highest BCUT2D eigenvalue weighted by molar-refractivity contribution is 9.10. The van der Waals surface area contributed by atoms with Gasteiger partial charge in [0.15, 0.2) is 0 Å². The first kappa shape index (κ1) is 15.1. The van der Waals surface area contributed by atoms with E-state index < -0.39 is 11.7 Å². The lowest BCUT2D eigenvalue weighted by Crippen LogP contribution is -2.36. The lowest BCUT2D eigenvalue weighted by atomic mass is 10.1. The smallest absolute Gasteiger partial charge is 0.335 e. The van der Waals surface area contributed by atoms with Gasteiger partial charge in [0.05, 0.1) is 0 Å². The number of carbonyl (C=O) groups is 1. The van der Waals surface area contributed by atoms with Crippen molar-refractivity contribution in [1.29, 1.82) is 0 Å². The third kappa shape index (κ3) is 3.42. The zero-order chi connectivity index (χ0) is 14.9. The largest absolute Gasteiger partial charge is 0.412 e. The maximum absolute atomic E-state index is 12.5. The Hall–Kier alpha value is -1.30. The van der Waals surface area contributed by atoms with Crippen LogP contribution in [-0.2, 0) is 0 Å². The molecule has 20 heavy (non-hydrogen) atoms. The predicted octanol–water partition coefficient (Wildman–Crippen LogP) is 4.09. The molecule has 0 fully saturated rings. The van der Waals surface area contributed by atoms with Gasteiger partial charge in [-0.05, 0) is 37.1 Å². The molecule has 1 heterocycles. The van der Waals surface area contributed by atoms with Crippen molar-refractivity contribution in [3.63, 3.8) is 0 Å². The molecule has 2 nitrogen and oxygen atoms in total. The average Bonchev–Trinajstić information content (AvgIpc) is 2.36. The molecule has 0 aromatic heterocycles. The Morgan fingerprint density at radius 1 is 1.30 bits per heavy atom. The Kier molecular flexibility index (Phi) is 4.22. The molecule has 1 aromatic carbocycles. The third-order valence-corrected chi connectivity index (χ3v) is 3.61. The van der Waals surface area contributed by atoms with Crippen LogP contribution in [0.25, 0.3) is 0 Å². The van der Waals surface area contributed by atoms with E-state index in [1.807, 2.05) is 13.0 Å². The number of benzene rings is 1. The fourth-order valence-electron chi connectivity index (χ4n) is 2.15. The second-order valence-electron chi connectivity index (χ2n) is 4.75. The van der Waals surface area contributed by atoms with Crippen molar-refractivity contribution in [1.82, 2.24) is 4.90 Å². The van der Waals surface area contributed by atoms with E-state index in [1.165, 1.54) is 4.90 Å². The molecule has 1 aliphatic heterocycles. The lowest BCUT2D eigenvalue weighted by molar-refractivity contribution is -0.0957. The summed E-state index contributed by atoms with van der Waals surface area (Å²) in [5, 5.41) is 0. The van der Waals surface area contributed by atoms with Crippen LogP contribution in [-0.4, -0.2) is 30.1 Å². The Labute approximate surface area is 123 Å². The topological polar surface area (TPSA) is 20.3 Å². The first-order chi connectivity index (χ1) is 9.27. The summed E-state index contributed by atoms with van der Waals surface area (Å²) in [5.41, 5.74) is 0.860. The van der Waals surface area contributed by atoms with Gasteiger partial charge < -0.3 is 4.90 Å². The molecule has 6 heteroatoms. The van der Waals surface area contributed by atoms with Gasteiger partial charge in [0.25, 0.3) is 5.91 Å². The molecule has 0 N–H and O–H groups in total. The number of nitrogens with zero attached hydrogens (tertiary/aromatic N) is 1. The van der Waals surface area contributed by atoms with Gasteiger partial charge in [0.1, 0.15) is 0 Å². The number of amides is 1. The number of alkyl halides is 3. The fourth-order valence-corrected chi connectivity index (χ4v) is 2.76. The number of hydrogen-bond donors (Lipinski definition) is 0. The van der Waals surface area contributed by atoms with Crippen molar-refractivity contribution in [3.8, 4) is 0 Å². The molecular weight excluding hydrogens is 335 g/mol. The predicted molar refractivity (Wildman–Crippen MR) is 73.5 cm³/mol. The first-order valence-corrected chi connectivity index (χ1v) is 6.89. The van der Waals surface area contributed by atoms with Crippen LogP contribution in [0.5, 0.6) is 0 Å². The van der Waals surface area contributed by atoms with Gasteiger partial charge in [0.2, 0.25) is 0 Å². The summed E-state index contributed by atoms with van der Waals surface area (Å²) >= 11 is 3.31. The van der Waals surface area contributed by atoms with Crippen LogP contribution < -0.4 is 0 Å². The summed E-state index contributed by atoms with van der Waals surface area (Å²) in [7, 11) is 0. The van der Waals surface area contributed by atoms with E-state index in [0.29, 0.717) is 5.56 Å². The summed E-state index contributed by atoms with van der Waals surface area (Å²) in [6, 6.07) is 5.28. The summed E-state index contributed by atoms with van der Waals surface area (Å²) < 4.78 is 38.3. The van der Waals surface area contributed by atoms with Crippen LogP contribution >= 0.6 is 15.9 Å². The fraction of sp³-hybridized carbons (Fsp3) is 0.357. The van der Waals surface area contributed by atoms with Gasteiger partial charge in [-0.25, -0.2) is 0 Å². The van der Waals surface area contributed by atoms with Crippen molar-refractivity contribution >= 4 is 21.8 Å². The number of carbonyl (C=O) groups excluding carboxylic acids is 1. The van der Waals surface area contributed by atoms with Crippen LogP contribution in [0.15, 0.2) is 34.3 Å². The second kappa shape index (κ2) is 5.60. The second-order valence-corrected chi connectivity index (χ2v) is 5.66. The summed E-state index contributed by atoms with van der Waals surface area (Å²) in [6.45, 7) is 1.95. The van der Waals surface area contributed by atoms with Crippen molar-refractivity contribution < 1.29 is 18.0 Å². The van der Waals surface area contributed by atoms with Crippen LogP contribution in [0.2, 0.25) is 0 Å². The Balaban J connectivity index is 2.14. The van der Waals surface area contributed by atoms with E-state index in [0.717, 1.165) is 16.1 Å². The molecule has 0 unspecified atom stereocenters. The molecule has 0 spiro atoms. The molecular formula is C14H13BrF3NO. The number of rotatable bonds is 1. The van der Waals surface area contributed by atoms with Crippen LogP contribution in [0.1, 0.15) is 22.3 Å². The minimum absolute atomic E-state index is 0.000756. The summed E-state index contributed by atoms with van der Waals surface area (Å²) in [6.07, 6.45) is -3.35. The molecule has 2 rings (SSSR count). The van der Waals surface area contributed by atoms with E-state index >= 15 is 0 Å². The van der Waals surface area contributed by atoms with Gasteiger partial charge in [-0.1, -0.05) is 22.0 Å². The molecule has 0 radical (unpaired) electrons. The van der Waals surface area contributed by atoms with E-state index in [9.17, 15) is 18.0 Å². The molecule has 0 atom stereocenters. The molecule has 1 aromatic rings. The lowest BCUT2D eigenvalue weighted by Gasteiger charge is -2.27. The Bertz CT molecular complexity index is 546. The van der Waals surface area contributed by atoms with Crippen LogP contribution in [0.3, 0.4) is 0 Å². The number of halogens is 4. The average molecular weight is 348 g/mol. The molecule has 1 amide bonds. The van der Waals surface area contributed by atoms with E-state index in [1.54, 1.807) is 12.1 Å². The number of hydrogen-bond acceptors (Lipinski definition) is 1. The van der Waals surface area contributed by atoms with Crippen molar-refractivity contribution in [3.05, 3.63) is 45.4 Å². The molecule has 0 bridgehead atoms. The van der Waals surface area contributed by atoms with Crippen LogP contribution in [0.4, 0.5) is 13.2 Å². The number of aryl methyl sites for hydroxylation is 1. The van der Waals surface area contributed by atoms with Gasteiger partial charge in [-0.2, -0.15) is 13.2 Å². The highest BCUT2D eigenvalue weighted by Gasteiger charge is 2.35. The van der Waals surface area contributed by atoms with Gasteiger partial charge in [-0.3, -0.25) is 4.79 Å². The van der Waals surface area contributed by atoms with E-state index in [-0.39, 0.29) is 25.4 Å². The molecule has 0 aliphatic carbocycles. The zero-order valence-corrected chi connectivity index (χ0v) is 12.4. The van der Waals surface area contributed by atoms with Crippen molar-refractivity contribution in [2.24, 2.45) is 0 Å². The van der Waals surface area contributed by atoms with Crippen molar-refractivity contribution in [2.45, 2.75) is 19.5 Å². The maximum atomic E-state index is 12.5. The third-order valence-electron chi connectivity index (χ3n) is 3.15. The monoisotopic (exact) mass is 347 g/mol. The normalized spacial score (nSPS) is 16.1. The van der Waals surface area contributed by atoms with Gasteiger partial charge in [0, 0.05) is 28.7 Å². The van der Waals surface area contributed by atoms with Crippen LogP contribution in [0, 0.1) is 6.92 Å². The minimum Gasteiger partial charge on any atom is -0.335 e. The molecule has 108 valence electrons. The Morgan fingerprint density at radius 3 is 2.50 bits per heavy atom. The highest BCUT2D eigenvalue weighted by Crippen LogP contribution is 2.30. The maximum Gasteiger partial charge on any atom is 0.412 e.